The first-order valence-corrected chi connectivity index (χ1v) is 10.0. The summed E-state index contributed by atoms with van der Waals surface area (Å²) in [5, 5.41) is 4.56. The van der Waals surface area contributed by atoms with Crippen molar-refractivity contribution in [3.05, 3.63) is 66.1 Å². The minimum absolute atomic E-state index is 0.0140. The highest BCUT2D eigenvalue weighted by molar-refractivity contribution is 5.97. The van der Waals surface area contributed by atoms with Crippen LogP contribution in [0.5, 0.6) is 0 Å². The quantitative estimate of drug-likeness (QED) is 0.688. The van der Waals surface area contributed by atoms with E-state index >= 15 is 0 Å². The van der Waals surface area contributed by atoms with Gasteiger partial charge in [-0.3, -0.25) is 4.79 Å². The van der Waals surface area contributed by atoms with Crippen molar-refractivity contribution in [3.8, 4) is 11.5 Å². The Morgan fingerprint density at radius 3 is 2.34 bits per heavy atom. The van der Waals surface area contributed by atoms with E-state index in [1.54, 1.807) is 6.20 Å². The van der Waals surface area contributed by atoms with Gasteiger partial charge in [-0.1, -0.05) is 17.7 Å². The Morgan fingerprint density at radius 1 is 1.03 bits per heavy atom. The van der Waals surface area contributed by atoms with Gasteiger partial charge in [0.1, 0.15) is 5.56 Å². The number of carbonyl (C=O) groups excluding carboxylic acids is 1. The molecule has 0 aliphatic carbocycles. The van der Waals surface area contributed by atoms with Gasteiger partial charge in [-0.25, -0.2) is 4.68 Å². The monoisotopic (exact) mass is 392 g/mol. The van der Waals surface area contributed by atoms with E-state index in [1.807, 2.05) is 62.9 Å². The minimum Gasteiger partial charge on any atom is -0.347 e. The number of aromatic nitrogens is 3. The molecule has 7 nitrogen and oxygen atoms in total. The highest BCUT2D eigenvalue weighted by Gasteiger charge is 2.41. The van der Waals surface area contributed by atoms with E-state index < -0.39 is 5.79 Å². The summed E-state index contributed by atoms with van der Waals surface area (Å²) in [5.41, 5.74) is 2.69. The number of piperidine rings is 1. The highest BCUT2D eigenvalue weighted by atomic mass is 16.7. The molecule has 7 heteroatoms. The summed E-state index contributed by atoms with van der Waals surface area (Å²) in [5.74, 6) is 0.240. The molecule has 2 aliphatic rings. The summed E-state index contributed by atoms with van der Waals surface area (Å²) >= 11 is 0. The third-order valence-corrected chi connectivity index (χ3v) is 5.73. The first-order chi connectivity index (χ1) is 14.2. The maximum Gasteiger partial charge on any atom is 0.259 e. The maximum absolute atomic E-state index is 13.4. The zero-order valence-corrected chi connectivity index (χ0v) is 16.5. The number of ether oxygens (including phenoxy) is 2. The summed E-state index contributed by atoms with van der Waals surface area (Å²) in [6.07, 6.45) is 6.94. The number of nitrogens with zero attached hydrogens (tertiary/aromatic N) is 4. The molecule has 5 rings (SSSR count). The van der Waals surface area contributed by atoms with Crippen molar-refractivity contribution in [3.63, 3.8) is 0 Å². The van der Waals surface area contributed by atoms with Gasteiger partial charge in [0, 0.05) is 38.3 Å². The Morgan fingerprint density at radius 2 is 1.69 bits per heavy atom. The average Bonchev–Trinajstić information content (AvgIpc) is 3.49. The fraction of sp³-hybridized carbons (Fsp3) is 0.364. The largest absolute Gasteiger partial charge is 0.347 e. The van der Waals surface area contributed by atoms with Crippen LogP contribution in [0.25, 0.3) is 11.5 Å². The molecule has 4 heterocycles. The first-order valence-electron chi connectivity index (χ1n) is 10.0. The number of likely N-dealkylation sites (tertiary alicyclic amines) is 1. The molecule has 2 saturated heterocycles. The molecular weight excluding hydrogens is 368 g/mol. The summed E-state index contributed by atoms with van der Waals surface area (Å²) in [6.45, 7) is 4.54. The number of amides is 1. The molecule has 29 heavy (non-hydrogen) atoms. The van der Waals surface area contributed by atoms with Crippen molar-refractivity contribution in [2.75, 3.05) is 26.3 Å². The topological polar surface area (TPSA) is 61.5 Å². The molecule has 3 aromatic rings. The highest BCUT2D eigenvalue weighted by Crippen LogP contribution is 2.32. The number of hydrogen-bond acceptors (Lipinski definition) is 4. The number of carbonyl (C=O) groups is 1. The zero-order chi connectivity index (χ0) is 19.8. The first kappa shape index (κ1) is 18.1. The van der Waals surface area contributed by atoms with E-state index in [2.05, 4.69) is 12.0 Å². The minimum atomic E-state index is -0.494. The van der Waals surface area contributed by atoms with Crippen LogP contribution < -0.4 is 0 Å². The lowest BCUT2D eigenvalue weighted by molar-refractivity contribution is -0.181. The van der Waals surface area contributed by atoms with Crippen molar-refractivity contribution >= 4 is 5.91 Å². The molecule has 150 valence electrons. The predicted molar refractivity (Wildman–Crippen MR) is 107 cm³/mol. The van der Waals surface area contributed by atoms with Crippen LogP contribution in [-0.2, 0) is 9.47 Å². The molecule has 2 aliphatic heterocycles. The van der Waals surface area contributed by atoms with Crippen molar-refractivity contribution in [2.45, 2.75) is 25.6 Å². The number of aryl methyl sites for hydroxylation is 1. The van der Waals surface area contributed by atoms with Gasteiger partial charge in [0.15, 0.2) is 11.6 Å². The second-order valence-electron chi connectivity index (χ2n) is 7.62. The maximum atomic E-state index is 13.4. The lowest BCUT2D eigenvalue weighted by Crippen LogP contribution is -2.47. The summed E-state index contributed by atoms with van der Waals surface area (Å²) in [7, 11) is 0. The second kappa shape index (κ2) is 7.17. The SMILES string of the molecule is Cc1ccc(-n2ncc(C(=O)N3CCC4(CC3)OCCO4)c2-n2cccc2)cc1. The molecule has 0 bridgehead atoms. The molecule has 1 amide bonds. The third-order valence-electron chi connectivity index (χ3n) is 5.73. The summed E-state index contributed by atoms with van der Waals surface area (Å²) < 4.78 is 15.3. The number of benzene rings is 1. The third kappa shape index (κ3) is 3.26. The van der Waals surface area contributed by atoms with Crippen LogP contribution >= 0.6 is 0 Å². The Kier molecular flexibility index (Phi) is 4.49. The fourth-order valence-corrected chi connectivity index (χ4v) is 4.10. The van der Waals surface area contributed by atoms with E-state index in [4.69, 9.17) is 9.47 Å². The van der Waals surface area contributed by atoms with Gasteiger partial charge in [0.25, 0.3) is 5.91 Å². The van der Waals surface area contributed by atoms with E-state index in [0.29, 0.717) is 44.7 Å². The second-order valence-corrected chi connectivity index (χ2v) is 7.62. The smallest absolute Gasteiger partial charge is 0.259 e. The molecular formula is C22H24N4O3. The lowest BCUT2D eigenvalue weighted by atomic mass is 10.0. The van der Waals surface area contributed by atoms with Crippen LogP contribution in [0.1, 0.15) is 28.8 Å². The Bertz CT molecular complexity index is 991. The van der Waals surface area contributed by atoms with Crippen molar-refractivity contribution in [2.24, 2.45) is 0 Å². The molecule has 1 spiro atoms. The zero-order valence-electron chi connectivity index (χ0n) is 16.5. The molecule has 2 fully saturated rings. The van der Waals surface area contributed by atoms with Crippen LogP contribution in [0, 0.1) is 6.92 Å². The van der Waals surface area contributed by atoms with Crippen molar-refractivity contribution < 1.29 is 14.3 Å². The summed E-state index contributed by atoms with van der Waals surface area (Å²) in [6, 6.07) is 12.0. The Hall–Kier alpha value is -2.90. The number of hydrogen-bond donors (Lipinski definition) is 0. The van der Waals surface area contributed by atoms with Gasteiger partial charge < -0.3 is 18.9 Å². The van der Waals surface area contributed by atoms with Gasteiger partial charge in [-0.2, -0.15) is 5.10 Å². The molecule has 0 saturated carbocycles. The number of rotatable bonds is 3. The van der Waals surface area contributed by atoms with Gasteiger partial charge in [0.2, 0.25) is 0 Å². The van der Waals surface area contributed by atoms with Gasteiger partial charge in [0.05, 0.1) is 25.1 Å². The van der Waals surface area contributed by atoms with Crippen LogP contribution in [-0.4, -0.2) is 57.2 Å². The fourth-order valence-electron chi connectivity index (χ4n) is 4.10. The van der Waals surface area contributed by atoms with E-state index in [0.717, 1.165) is 11.5 Å². The van der Waals surface area contributed by atoms with Crippen LogP contribution in [0.2, 0.25) is 0 Å². The van der Waals surface area contributed by atoms with E-state index in [1.165, 1.54) is 5.56 Å². The molecule has 0 atom stereocenters. The Labute approximate surface area is 169 Å². The van der Waals surface area contributed by atoms with E-state index in [9.17, 15) is 4.79 Å². The van der Waals surface area contributed by atoms with Crippen LogP contribution in [0.4, 0.5) is 0 Å². The standard InChI is InChI=1S/C22H24N4O3/c1-17-4-6-18(7-5-17)26-20(24-10-2-3-11-24)19(16-23-26)21(27)25-12-8-22(9-13-25)28-14-15-29-22/h2-7,10-11,16H,8-9,12-15H2,1H3. The normalized spacial score (nSPS) is 18.4. The van der Waals surface area contributed by atoms with Crippen LogP contribution in [0.3, 0.4) is 0 Å². The predicted octanol–water partition coefficient (Wildman–Crippen LogP) is 2.95. The van der Waals surface area contributed by atoms with Crippen molar-refractivity contribution in [1.82, 2.24) is 19.2 Å². The van der Waals surface area contributed by atoms with Gasteiger partial charge >= 0.3 is 0 Å². The molecule has 2 aromatic heterocycles. The Balaban J connectivity index is 1.47. The summed E-state index contributed by atoms with van der Waals surface area (Å²) in [4.78, 5) is 15.3. The van der Waals surface area contributed by atoms with E-state index in [-0.39, 0.29) is 5.91 Å². The molecule has 0 unspecified atom stereocenters. The molecule has 0 N–H and O–H groups in total. The lowest BCUT2D eigenvalue weighted by Gasteiger charge is -2.37. The van der Waals surface area contributed by atoms with Crippen LogP contribution in [0.15, 0.2) is 55.0 Å². The molecule has 1 aromatic carbocycles. The van der Waals surface area contributed by atoms with Gasteiger partial charge in [-0.05, 0) is 31.2 Å². The average molecular weight is 392 g/mol. The van der Waals surface area contributed by atoms with Gasteiger partial charge in [-0.15, -0.1) is 0 Å². The molecule has 0 radical (unpaired) electrons. The van der Waals surface area contributed by atoms with Crippen molar-refractivity contribution in [1.29, 1.82) is 0 Å².